The fourth-order valence-electron chi connectivity index (χ4n) is 3.37. The Morgan fingerprint density at radius 1 is 1.24 bits per heavy atom. The van der Waals surface area contributed by atoms with E-state index in [1.54, 1.807) is 0 Å². The van der Waals surface area contributed by atoms with Gasteiger partial charge in [0.2, 0.25) is 0 Å². The lowest BCUT2D eigenvalue weighted by atomic mass is 10.1. The van der Waals surface area contributed by atoms with E-state index in [1.165, 1.54) is 43.6 Å². The Hall–Kier alpha value is -1.06. The van der Waals surface area contributed by atoms with Gasteiger partial charge in [0.05, 0.1) is 16.9 Å². The Morgan fingerprint density at radius 2 is 2.00 bits per heavy atom. The highest BCUT2D eigenvalue weighted by atomic mass is 35.5. The molecule has 3 nitrogen and oxygen atoms in total. The van der Waals surface area contributed by atoms with Crippen LogP contribution in [0.1, 0.15) is 31.2 Å². The second-order valence-electron chi connectivity index (χ2n) is 6.38. The van der Waals surface area contributed by atoms with Gasteiger partial charge >= 0.3 is 0 Å². The average Bonchev–Trinajstić information content (AvgIpc) is 3.06. The number of benzene rings is 1. The molecule has 0 saturated carbocycles. The van der Waals surface area contributed by atoms with Crippen molar-refractivity contribution in [1.82, 2.24) is 14.5 Å². The van der Waals surface area contributed by atoms with E-state index in [2.05, 4.69) is 41.5 Å². The van der Waals surface area contributed by atoms with E-state index in [1.807, 2.05) is 0 Å². The third-order valence-electron chi connectivity index (χ3n) is 4.37. The van der Waals surface area contributed by atoms with Gasteiger partial charge in [0.1, 0.15) is 5.82 Å². The zero-order chi connectivity index (χ0) is 14.8. The summed E-state index contributed by atoms with van der Waals surface area (Å²) in [5.74, 6) is 2.08. The summed E-state index contributed by atoms with van der Waals surface area (Å²) in [5, 5.41) is 0. The maximum Gasteiger partial charge on any atom is 0.124 e. The SMILES string of the molecule is Cc1ccc2c(c1)nc(CCl)n2CC(C)CN1CCCC1. The van der Waals surface area contributed by atoms with E-state index < -0.39 is 0 Å². The third kappa shape index (κ3) is 3.24. The number of aryl methyl sites for hydroxylation is 1. The number of fused-ring (bicyclic) bond motifs is 1. The molecule has 3 rings (SSSR count). The van der Waals surface area contributed by atoms with Crippen LogP contribution in [0.4, 0.5) is 0 Å². The molecule has 0 N–H and O–H groups in total. The summed E-state index contributed by atoms with van der Waals surface area (Å²) in [6, 6.07) is 6.48. The summed E-state index contributed by atoms with van der Waals surface area (Å²) in [7, 11) is 0. The van der Waals surface area contributed by atoms with Crippen molar-refractivity contribution < 1.29 is 0 Å². The Bertz CT molecular complexity index is 614. The largest absolute Gasteiger partial charge is 0.327 e. The molecule has 1 fully saturated rings. The van der Waals surface area contributed by atoms with Gasteiger partial charge in [0, 0.05) is 13.1 Å². The minimum atomic E-state index is 0.476. The number of hydrogen-bond donors (Lipinski definition) is 0. The summed E-state index contributed by atoms with van der Waals surface area (Å²) < 4.78 is 2.31. The van der Waals surface area contributed by atoms with Gasteiger partial charge in [0.15, 0.2) is 0 Å². The summed E-state index contributed by atoms with van der Waals surface area (Å²) in [6.07, 6.45) is 2.71. The number of nitrogens with zero attached hydrogens (tertiary/aromatic N) is 3. The molecule has 2 aromatic rings. The molecule has 1 aromatic carbocycles. The molecule has 1 aliphatic rings. The first-order valence-corrected chi connectivity index (χ1v) is 8.45. The van der Waals surface area contributed by atoms with Gasteiger partial charge in [-0.25, -0.2) is 4.98 Å². The average molecular weight is 306 g/mol. The molecule has 0 amide bonds. The van der Waals surface area contributed by atoms with E-state index >= 15 is 0 Å². The van der Waals surface area contributed by atoms with Gasteiger partial charge in [0.25, 0.3) is 0 Å². The zero-order valence-electron chi connectivity index (χ0n) is 13.0. The van der Waals surface area contributed by atoms with Crippen LogP contribution < -0.4 is 0 Å². The molecule has 4 heteroatoms. The topological polar surface area (TPSA) is 21.1 Å². The molecule has 0 spiro atoms. The summed E-state index contributed by atoms with van der Waals surface area (Å²) in [5.41, 5.74) is 3.53. The van der Waals surface area contributed by atoms with Crippen LogP contribution in [0.5, 0.6) is 0 Å². The van der Waals surface area contributed by atoms with E-state index in [9.17, 15) is 0 Å². The second-order valence-corrected chi connectivity index (χ2v) is 6.64. The number of rotatable bonds is 5. The van der Waals surface area contributed by atoms with E-state index in [0.29, 0.717) is 11.8 Å². The van der Waals surface area contributed by atoms with Crippen LogP contribution in [0.15, 0.2) is 18.2 Å². The standard InChI is InChI=1S/C17H24ClN3/c1-13-5-6-16-15(9-13)19-17(10-18)21(16)12-14(2)11-20-7-3-4-8-20/h5-6,9,14H,3-4,7-8,10-12H2,1-2H3. The molecule has 2 heterocycles. The summed E-state index contributed by atoms with van der Waals surface area (Å²) >= 11 is 6.10. The van der Waals surface area contributed by atoms with Crippen molar-refractivity contribution >= 4 is 22.6 Å². The summed E-state index contributed by atoms with van der Waals surface area (Å²) in [4.78, 5) is 7.27. The van der Waals surface area contributed by atoms with Crippen LogP contribution in [0.2, 0.25) is 0 Å². The van der Waals surface area contributed by atoms with Gasteiger partial charge < -0.3 is 9.47 Å². The minimum absolute atomic E-state index is 0.476. The van der Waals surface area contributed by atoms with Crippen molar-refractivity contribution in [3.8, 4) is 0 Å². The Labute approximate surface area is 131 Å². The Morgan fingerprint density at radius 3 is 2.71 bits per heavy atom. The zero-order valence-corrected chi connectivity index (χ0v) is 13.7. The predicted octanol–water partition coefficient (Wildman–Crippen LogP) is 3.82. The fourth-order valence-corrected chi connectivity index (χ4v) is 3.57. The molecule has 1 aliphatic heterocycles. The Balaban J connectivity index is 1.81. The highest BCUT2D eigenvalue weighted by Crippen LogP contribution is 2.21. The van der Waals surface area contributed by atoms with Crippen LogP contribution in [-0.4, -0.2) is 34.1 Å². The van der Waals surface area contributed by atoms with E-state index in [4.69, 9.17) is 16.6 Å². The van der Waals surface area contributed by atoms with E-state index in [0.717, 1.165) is 17.9 Å². The lowest BCUT2D eigenvalue weighted by molar-refractivity contribution is 0.272. The fraction of sp³-hybridized carbons (Fsp3) is 0.588. The molecule has 1 saturated heterocycles. The molecule has 0 radical (unpaired) electrons. The molecule has 1 unspecified atom stereocenters. The van der Waals surface area contributed by atoms with Gasteiger partial charge in [-0.05, 0) is 56.5 Å². The summed E-state index contributed by atoms with van der Waals surface area (Å²) in [6.45, 7) is 9.13. The maximum atomic E-state index is 6.10. The second kappa shape index (κ2) is 6.37. The number of hydrogen-bond acceptors (Lipinski definition) is 2. The van der Waals surface area contributed by atoms with Crippen molar-refractivity contribution in [2.24, 2.45) is 5.92 Å². The van der Waals surface area contributed by atoms with Crippen LogP contribution in [0, 0.1) is 12.8 Å². The lowest BCUT2D eigenvalue weighted by Crippen LogP contribution is -2.27. The number of aromatic nitrogens is 2. The smallest absolute Gasteiger partial charge is 0.124 e. The first-order chi connectivity index (χ1) is 10.2. The normalized spacial score (nSPS) is 17.7. The molecule has 0 aliphatic carbocycles. The number of halogens is 1. The minimum Gasteiger partial charge on any atom is -0.327 e. The predicted molar refractivity (Wildman–Crippen MR) is 88.9 cm³/mol. The molecule has 21 heavy (non-hydrogen) atoms. The van der Waals surface area contributed by atoms with Crippen LogP contribution in [0.25, 0.3) is 11.0 Å². The van der Waals surface area contributed by atoms with Crippen molar-refractivity contribution in [1.29, 1.82) is 0 Å². The molecule has 1 atom stereocenters. The highest BCUT2D eigenvalue weighted by Gasteiger charge is 2.17. The van der Waals surface area contributed by atoms with Gasteiger partial charge in [-0.15, -0.1) is 11.6 Å². The molecule has 1 aromatic heterocycles. The van der Waals surface area contributed by atoms with Crippen LogP contribution in [-0.2, 0) is 12.4 Å². The molecular formula is C17H24ClN3. The van der Waals surface area contributed by atoms with Crippen molar-refractivity contribution in [3.63, 3.8) is 0 Å². The molecule has 114 valence electrons. The first kappa shape index (κ1) is 14.9. The molecule has 0 bridgehead atoms. The quantitative estimate of drug-likeness (QED) is 0.783. The Kier molecular flexibility index (Phi) is 4.51. The first-order valence-electron chi connectivity index (χ1n) is 7.91. The number of imidazole rings is 1. The van der Waals surface area contributed by atoms with Crippen LogP contribution >= 0.6 is 11.6 Å². The van der Waals surface area contributed by atoms with Gasteiger partial charge in [-0.2, -0.15) is 0 Å². The van der Waals surface area contributed by atoms with E-state index in [-0.39, 0.29) is 0 Å². The van der Waals surface area contributed by atoms with Gasteiger partial charge in [-0.3, -0.25) is 0 Å². The van der Waals surface area contributed by atoms with Crippen LogP contribution in [0.3, 0.4) is 0 Å². The molecular weight excluding hydrogens is 282 g/mol. The number of alkyl halides is 1. The number of likely N-dealkylation sites (tertiary alicyclic amines) is 1. The monoisotopic (exact) mass is 305 g/mol. The van der Waals surface area contributed by atoms with Crippen molar-refractivity contribution in [2.75, 3.05) is 19.6 Å². The van der Waals surface area contributed by atoms with Crippen molar-refractivity contribution in [2.45, 2.75) is 39.1 Å². The lowest BCUT2D eigenvalue weighted by Gasteiger charge is -2.21. The maximum absolute atomic E-state index is 6.10. The highest BCUT2D eigenvalue weighted by molar-refractivity contribution is 6.16. The van der Waals surface area contributed by atoms with Crippen molar-refractivity contribution in [3.05, 3.63) is 29.6 Å². The third-order valence-corrected chi connectivity index (χ3v) is 4.60. The van der Waals surface area contributed by atoms with Gasteiger partial charge in [-0.1, -0.05) is 13.0 Å².